The summed E-state index contributed by atoms with van der Waals surface area (Å²) < 4.78 is 15.4. The molecule has 8 aliphatic rings. The van der Waals surface area contributed by atoms with Gasteiger partial charge in [-0.05, 0) is 252 Å². The molecule has 2 bridgehead atoms. The fourth-order valence-corrected chi connectivity index (χ4v) is 21.8. The molecule has 3 atom stereocenters. The van der Waals surface area contributed by atoms with Gasteiger partial charge >= 0.3 is 0 Å². The molecule has 4 heterocycles. The van der Waals surface area contributed by atoms with Crippen molar-refractivity contribution in [3.63, 3.8) is 0 Å². The molecule has 99 heavy (non-hydrogen) atoms. The largest absolute Gasteiger partial charge is 0.468 e. The summed E-state index contributed by atoms with van der Waals surface area (Å²) in [5.41, 5.74) is 32.3. The van der Waals surface area contributed by atoms with Gasteiger partial charge in [0.1, 0.15) is 11.2 Å². The topological polar surface area (TPSA) is 36.0 Å². The summed E-state index contributed by atoms with van der Waals surface area (Å²) in [6.45, 7) is 41.8. The molecule has 6 aliphatic carbocycles. The summed E-state index contributed by atoms with van der Waals surface area (Å²) in [6, 6.07) is 65.4. The Labute approximate surface area is 588 Å². The SMILES string of the molecule is CC(C)(C)c1ccc(N(c2cc3c4c(c2)N(c2ccc5c(c2)C(C)(C)CCC5(C)C)c2c(oc5cc6c(cc25)C(C)(C)CCC6(C)C)B4c2cc4c(cc2N3c2cccc3c2-c2ccccc2C32CC3CCC2C3(C)C)C(C)(C)CCC4(C)C)c2cccc3c2oc2ccccc23)cc1. The molecular formula is C93H98BN3O2. The maximum Gasteiger partial charge on any atom is 0.297 e. The molecule has 11 aromatic rings. The zero-order chi connectivity index (χ0) is 68.6. The second kappa shape index (κ2) is 19.9. The van der Waals surface area contributed by atoms with Gasteiger partial charge in [0.15, 0.2) is 5.58 Å². The van der Waals surface area contributed by atoms with Crippen molar-refractivity contribution in [2.24, 2.45) is 17.3 Å². The number of furan rings is 2. The van der Waals surface area contributed by atoms with Crippen LogP contribution < -0.4 is 31.3 Å². The van der Waals surface area contributed by atoms with Crippen molar-refractivity contribution in [1.29, 1.82) is 0 Å². The van der Waals surface area contributed by atoms with Crippen LogP contribution in [-0.2, 0) is 43.3 Å². The molecule has 5 nitrogen and oxygen atoms in total. The van der Waals surface area contributed by atoms with Crippen LogP contribution in [0.2, 0.25) is 0 Å². The van der Waals surface area contributed by atoms with Crippen LogP contribution in [0.5, 0.6) is 0 Å². The molecule has 3 unspecified atom stereocenters. The van der Waals surface area contributed by atoms with Crippen LogP contribution in [0.25, 0.3) is 44.0 Å². The minimum atomic E-state index is -0.272. The molecule has 2 fully saturated rings. The maximum atomic E-state index is 8.12. The van der Waals surface area contributed by atoms with E-state index in [2.05, 4.69) is 296 Å². The smallest absolute Gasteiger partial charge is 0.297 e. The van der Waals surface area contributed by atoms with Gasteiger partial charge in [0, 0.05) is 55.6 Å². The van der Waals surface area contributed by atoms with E-state index in [0.29, 0.717) is 11.8 Å². The van der Waals surface area contributed by atoms with Crippen LogP contribution >= 0.6 is 0 Å². The van der Waals surface area contributed by atoms with E-state index in [1.807, 2.05) is 0 Å². The van der Waals surface area contributed by atoms with Gasteiger partial charge in [-0.15, -0.1) is 0 Å². The Hall–Kier alpha value is -8.22. The maximum absolute atomic E-state index is 8.12. The van der Waals surface area contributed by atoms with Crippen LogP contribution in [0.3, 0.4) is 0 Å². The van der Waals surface area contributed by atoms with E-state index in [-0.39, 0.29) is 55.4 Å². The van der Waals surface area contributed by atoms with E-state index in [9.17, 15) is 0 Å². The number of hydrogen-bond acceptors (Lipinski definition) is 5. The first-order valence-electron chi connectivity index (χ1n) is 37.7. The first-order chi connectivity index (χ1) is 46.9. The highest BCUT2D eigenvalue weighted by molar-refractivity contribution is 7.00. The minimum Gasteiger partial charge on any atom is -0.468 e. The van der Waals surface area contributed by atoms with Crippen LogP contribution in [0.4, 0.5) is 51.2 Å². The van der Waals surface area contributed by atoms with Crippen LogP contribution in [-0.4, -0.2) is 6.71 Å². The first kappa shape index (κ1) is 61.8. The van der Waals surface area contributed by atoms with Crippen molar-refractivity contribution < 1.29 is 8.83 Å². The summed E-state index contributed by atoms with van der Waals surface area (Å²) in [5, 5.41) is 3.41. The number of hydrogen-bond donors (Lipinski definition) is 0. The van der Waals surface area contributed by atoms with Crippen molar-refractivity contribution in [3.8, 4) is 11.1 Å². The molecule has 6 heteroatoms. The summed E-state index contributed by atoms with van der Waals surface area (Å²) in [7, 11) is 0. The zero-order valence-electron chi connectivity index (χ0n) is 61.8. The molecule has 500 valence electrons. The molecule has 2 saturated carbocycles. The Morgan fingerprint density at radius 2 is 1.03 bits per heavy atom. The number of para-hydroxylation sites is 2. The van der Waals surface area contributed by atoms with Crippen molar-refractivity contribution in [3.05, 3.63) is 214 Å². The molecule has 0 amide bonds. The van der Waals surface area contributed by atoms with E-state index in [4.69, 9.17) is 8.83 Å². The highest BCUT2D eigenvalue weighted by atomic mass is 16.3. The molecule has 2 aromatic heterocycles. The van der Waals surface area contributed by atoms with Gasteiger partial charge in [0.25, 0.3) is 6.71 Å². The third-order valence-electron chi connectivity index (χ3n) is 27.9. The molecule has 9 aromatic carbocycles. The molecule has 0 saturated heterocycles. The number of nitrogens with zero attached hydrogens (tertiary/aromatic N) is 3. The van der Waals surface area contributed by atoms with Gasteiger partial charge in [0.2, 0.25) is 0 Å². The highest BCUT2D eigenvalue weighted by Gasteiger charge is 2.65. The summed E-state index contributed by atoms with van der Waals surface area (Å²) in [5.74, 6) is 1.19. The van der Waals surface area contributed by atoms with Crippen LogP contribution in [0.1, 0.15) is 226 Å². The lowest BCUT2D eigenvalue weighted by atomic mass is 9.35. The van der Waals surface area contributed by atoms with E-state index in [0.717, 1.165) is 94.5 Å². The first-order valence-corrected chi connectivity index (χ1v) is 37.7. The van der Waals surface area contributed by atoms with Gasteiger partial charge in [-0.1, -0.05) is 209 Å². The third kappa shape index (κ3) is 8.35. The van der Waals surface area contributed by atoms with Gasteiger partial charge < -0.3 is 23.5 Å². The Balaban J connectivity index is 0.996. The van der Waals surface area contributed by atoms with Gasteiger partial charge in [-0.25, -0.2) is 0 Å². The Morgan fingerprint density at radius 3 is 1.70 bits per heavy atom. The van der Waals surface area contributed by atoms with E-state index in [1.165, 1.54) is 125 Å². The molecule has 1 spiro atoms. The van der Waals surface area contributed by atoms with Crippen LogP contribution in [0.15, 0.2) is 173 Å². The zero-order valence-corrected chi connectivity index (χ0v) is 61.8. The molecule has 19 rings (SSSR count). The molecule has 0 radical (unpaired) electrons. The van der Waals surface area contributed by atoms with Crippen LogP contribution in [0, 0.1) is 17.3 Å². The molecular weight excluding hydrogens is 1200 g/mol. The Kier molecular flexibility index (Phi) is 12.4. The second-order valence-electron chi connectivity index (χ2n) is 37.7. The van der Waals surface area contributed by atoms with Gasteiger partial charge in [-0.2, -0.15) is 0 Å². The summed E-state index contributed by atoms with van der Waals surface area (Å²) >= 11 is 0. The predicted octanol–water partition coefficient (Wildman–Crippen LogP) is 24.0. The van der Waals surface area contributed by atoms with Crippen molar-refractivity contribution in [2.75, 3.05) is 14.7 Å². The monoisotopic (exact) mass is 1300 g/mol. The minimum absolute atomic E-state index is 0.0216. The van der Waals surface area contributed by atoms with E-state index in [1.54, 1.807) is 0 Å². The lowest BCUT2D eigenvalue weighted by Crippen LogP contribution is -2.61. The number of fused-ring (bicyclic) bond motifs is 20. The fraction of sp³-hybridized carbons (Fsp3) is 0.398. The van der Waals surface area contributed by atoms with Gasteiger partial charge in [-0.3, -0.25) is 0 Å². The van der Waals surface area contributed by atoms with Crippen molar-refractivity contribution in [2.45, 2.75) is 219 Å². The van der Waals surface area contributed by atoms with E-state index < -0.39 is 0 Å². The average Bonchev–Trinajstić information content (AvgIpc) is 1.59. The summed E-state index contributed by atoms with van der Waals surface area (Å²) in [6.07, 6.45) is 10.5. The average molecular weight is 1300 g/mol. The third-order valence-corrected chi connectivity index (χ3v) is 27.9. The number of benzene rings is 9. The normalized spacial score (nSPS) is 23.0. The molecule has 0 N–H and O–H groups in total. The highest BCUT2D eigenvalue weighted by Crippen LogP contribution is 2.73. The number of rotatable bonds is 5. The Morgan fingerprint density at radius 1 is 0.444 bits per heavy atom. The predicted molar refractivity (Wildman–Crippen MR) is 418 cm³/mol. The van der Waals surface area contributed by atoms with E-state index >= 15 is 0 Å². The Bertz CT molecular complexity index is 5320. The molecule has 2 aliphatic heterocycles. The van der Waals surface area contributed by atoms with Crippen molar-refractivity contribution >= 4 is 107 Å². The standard InChI is InChI=1S/C93H98BN3O2/c1-85(2,3)54-32-35-56(36-33-54)95(73-30-22-26-60-59-24-19-21-31-77(59)98-83(60)73)58-47-75-81-76(48-58)97(72-29-23-28-65-80(72)61-25-18-20-27-63(61)93(65)53-55-34-39-79(93)92(55,16)17)74-51-69-68(89(10,11)43-44-90(69,12)13)50-71(74)94(81)84-82(62-49-67-70(52-78(62)99-84)91(14,15)45-42-88(67,8)9)96(75)57-37-38-64-66(46-57)87(6,7)41-40-86(64,4)5/h18-33,35-38,46-52,55,79H,34,39-45,53H2,1-17H3. The van der Waals surface area contributed by atoms with Crippen molar-refractivity contribution in [1.82, 2.24) is 0 Å². The second-order valence-corrected chi connectivity index (χ2v) is 37.7. The lowest BCUT2D eigenvalue weighted by molar-refractivity contribution is 0.232. The summed E-state index contributed by atoms with van der Waals surface area (Å²) in [4.78, 5) is 8.09. The fourth-order valence-electron chi connectivity index (χ4n) is 21.8. The van der Waals surface area contributed by atoms with Gasteiger partial charge in [0.05, 0.1) is 28.4 Å². The quantitative estimate of drug-likeness (QED) is 0.161. The number of anilines is 9. The lowest BCUT2D eigenvalue weighted by Gasteiger charge is -2.47.